The van der Waals surface area contributed by atoms with Crippen LogP contribution in [0.15, 0.2) is 30.3 Å². The Bertz CT molecular complexity index is 588. The fourth-order valence-corrected chi connectivity index (χ4v) is 2.34. The summed E-state index contributed by atoms with van der Waals surface area (Å²) in [4.78, 5) is 4.56. The lowest BCUT2D eigenvalue weighted by molar-refractivity contribution is 0.459. The molecule has 0 unspecified atom stereocenters. The maximum Gasteiger partial charge on any atom is 0.219 e. The van der Waals surface area contributed by atoms with E-state index in [1.54, 1.807) is 0 Å². The monoisotopic (exact) mass is 284 g/mol. The van der Waals surface area contributed by atoms with E-state index >= 15 is 0 Å². The second kappa shape index (κ2) is 7.23. The highest BCUT2D eigenvalue weighted by Gasteiger charge is 2.05. The quantitative estimate of drug-likeness (QED) is 0.864. The number of pyridine rings is 1. The van der Waals surface area contributed by atoms with Gasteiger partial charge in [0, 0.05) is 18.3 Å². The Hall–Kier alpha value is -1.87. The van der Waals surface area contributed by atoms with Crippen molar-refractivity contribution in [2.45, 2.75) is 40.7 Å². The molecule has 0 saturated heterocycles. The number of hydrogen-bond donors (Lipinski definition) is 1. The number of ether oxygens (including phenoxy) is 1. The molecule has 1 N–H and O–H groups in total. The third-order valence-corrected chi connectivity index (χ3v) is 3.27. The molecule has 0 atom stereocenters. The average Bonchev–Trinajstić information content (AvgIpc) is 2.43. The number of nitrogens with one attached hydrogen (secondary N) is 1. The molecule has 2 aromatic rings. The van der Waals surface area contributed by atoms with Gasteiger partial charge < -0.3 is 10.1 Å². The van der Waals surface area contributed by atoms with E-state index in [0.29, 0.717) is 5.88 Å². The van der Waals surface area contributed by atoms with Gasteiger partial charge in [-0.1, -0.05) is 19.9 Å². The Morgan fingerprint density at radius 3 is 2.33 bits per heavy atom. The van der Waals surface area contributed by atoms with Gasteiger partial charge in [-0.2, -0.15) is 0 Å². The van der Waals surface area contributed by atoms with Crippen molar-refractivity contribution < 1.29 is 4.74 Å². The van der Waals surface area contributed by atoms with Crippen molar-refractivity contribution in [2.75, 3.05) is 6.54 Å². The number of aromatic nitrogens is 1. The molecule has 2 rings (SSSR count). The van der Waals surface area contributed by atoms with Crippen molar-refractivity contribution in [1.29, 1.82) is 0 Å². The Morgan fingerprint density at radius 1 is 1.00 bits per heavy atom. The van der Waals surface area contributed by atoms with Gasteiger partial charge in [-0.3, -0.25) is 0 Å². The Kier molecular flexibility index (Phi) is 5.34. The van der Waals surface area contributed by atoms with Crippen LogP contribution in [0.25, 0.3) is 0 Å². The zero-order chi connectivity index (χ0) is 15.2. The molecule has 0 amide bonds. The number of hydrogen-bond acceptors (Lipinski definition) is 3. The van der Waals surface area contributed by atoms with Crippen LogP contribution in [0, 0.1) is 13.8 Å². The lowest BCUT2D eigenvalue weighted by Crippen LogP contribution is -2.12. The molecule has 0 aliphatic rings. The van der Waals surface area contributed by atoms with E-state index in [9.17, 15) is 0 Å². The van der Waals surface area contributed by atoms with Gasteiger partial charge in [-0.15, -0.1) is 0 Å². The molecule has 0 bridgehead atoms. The van der Waals surface area contributed by atoms with Crippen LogP contribution in [0.4, 0.5) is 0 Å². The van der Waals surface area contributed by atoms with E-state index in [1.165, 1.54) is 16.7 Å². The molecule has 0 fully saturated rings. The highest BCUT2D eigenvalue weighted by Crippen LogP contribution is 2.23. The first-order valence-corrected chi connectivity index (χ1v) is 7.57. The SMILES string of the molecule is CCNCc1cc(CC)nc(Oc2cc(C)cc(C)c2)c1. The smallest absolute Gasteiger partial charge is 0.219 e. The van der Waals surface area contributed by atoms with Gasteiger partial charge in [0.25, 0.3) is 0 Å². The Morgan fingerprint density at radius 2 is 1.71 bits per heavy atom. The maximum atomic E-state index is 5.96. The molecule has 0 radical (unpaired) electrons. The van der Waals surface area contributed by atoms with Crippen LogP contribution in [0.5, 0.6) is 11.6 Å². The van der Waals surface area contributed by atoms with Gasteiger partial charge in [-0.05, 0) is 61.7 Å². The molecule has 3 heteroatoms. The van der Waals surface area contributed by atoms with Crippen molar-refractivity contribution in [3.05, 3.63) is 52.7 Å². The molecule has 1 aromatic carbocycles. The predicted molar refractivity (Wildman–Crippen MR) is 87.0 cm³/mol. The van der Waals surface area contributed by atoms with Crippen LogP contribution >= 0.6 is 0 Å². The minimum atomic E-state index is 0.673. The lowest BCUT2D eigenvalue weighted by atomic mass is 10.1. The zero-order valence-corrected chi connectivity index (χ0v) is 13.4. The minimum Gasteiger partial charge on any atom is -0.439 e. The van der Waals surface area contributed by atoms with Crippen LogP contribution in [0.2, 0.25) is 0 Å². The van der Waals surface area contributed by atoms with Gasteiger partial charge >= 0.3 is 0 Å². The van der Waals surface area contributed by atoms with E-state index in [-0.39, 0.29) is 0 Å². The molecular formula is C18H24N2O. The highest BCUT2D eigenvalue weighted by molar-refractivity contribution is 5.36. The van der Waals surface area contributed by atoms with Crippen LogP contribution in [0.3, 0.4) is 0 Å². The molecule has 0 saturated carbocycles. The molecule has 112 valence electrons. The predicted octanol–water partition coefficient (Wildman–Crippen LogP) is 4.16. The second-order valence-electron chi connectivity index (χ2n) is 5.36. The number of nitrogens with zero attached hydrogens (tertiary/aromatic N) is 1. The molecule has 1 aromatic heterocycles. The summed E-state index contributed by atoms with van der Waals surface area (Å²) in [5.74, 6) is 1.52. The first-order chi connectivity index (χ1) is 10.1. The third kappa shape index (κ3) is 4.57. The van der Waals surface area contributed by atoms with E-state index < -0.39 is 0 Å². The summed E-state index contributed by atoms with van der Waals surface area (Å²) in [6.07, 6.45) is 0.906. The summed E-state index contributed by atoms with van der Waals surface area (Å²) in [5, 5.41) is 3.34. The van der Waals surface area contributed by atoms with Crippen molar-refractivity contribution in [2.24, 2.45) is 0 Å². The van der Waals surface area contributed by atoms with Gasteiger partial charge in [0.15, 0.2) is 0 Å². The first-order valence-electron chi connectivity index (χ1n) is 7.57. The summed E-state index contributed by atoms with van der Waals surface area (Å²) in [6.45, 7) is 10.2. The lowest BCUT2D eigenvalue weighted by Gasteiger charge is -2.11. The molecule has 1 heterocycles. The minimum absolute atomic E-state index is 0.673. The van der Waals surface area contributed by atoms with Crippen molar-refractivity contribution >= 4 is 0 Å². The van der Waals surface area contributed by atoms with Crippen LogP contribution in [-0.2, 0) is 13.0 Å². The Labute approximate surface area is 127 Å². The largest absolute Gasteiger partial charge is 0.439 e. The van der Waals surface area contributed by atoms with E-state index in [4.69, 9.17) is 4.74 Å². The van der Waals surface area contributed by atoms with Crippen molar-refractivity contribution in [3.8, 4) is 11.6 Å². The van der Waals surface area contributed by atoms with Gasteiger partial charge in [-0.25, -0.2) is 4.98 Å². The fraction of sp³-hybridized carbons (Fsp3) is 0.389. The topological polar surface area (TPSA) is 34.2 Å². The van der Waals surface area contributed by atoms with Gasteiger partial charge in [0.2, 0.25) is 5.88 Å². The summed E-state index contributed by atoms with van der Waals surface area (Å²) < 4.78 is 5.96. The molecule has 0 spiro atoms. The molecular weight excluding hydrogens is 260 g/mol. The number of rotatable bonds is 6. The van der Waals surface area contributed by atoms with E-state index in [1.807, 2.05) is 18.2 Å². The maximum absolute atomic E-state index is 5.96. The molecule has 0 aliphatic carbocycles. The van der Waals surface area contributed by atoms with Crippen LogP contribution < -0.4 is 10.1 Å². The van der Waals surface area contributed by atoms with Crippen molar-refractivity contribution in [3.63, 3.8) is 0 Å². The fourth-order valence-electron chi connectivity index (χ4n) is 2.34. The summed E-state index contributed by atoms with van der Waals surface area (Å²) in [7, 11) is 0. The van der Waals surface area contributed by atoms with Gasteiger partial charge in [0.05, 0.1) is 0 Å². The molecule has 0 aliphatic heterocycles. The standard InChI is InChI=1S/C18H24N2O/c1-5-16-10-15(12-19-6-2)11-18(20-16)21-17-8-13(3)7-14(4)9-17/h7-11,19H,5-6,12H2,1-4H3. The Balaban J connectivity index is 2.25. The van der Waals surface area contributed by atoms with Gasteiger partial charge in [0.1, 0.15) is 5.75 Å². The first kappa shape index (κ1) is 15.5. The van der Waals surface area contributed by atoms with Crippen LogP contribution in [-0.4, -0.2) is 11.5 Å². The molecule has 3 nitrogen and oxygen atoms in total. The third-order valence-electron chi connectivity index (χ3n) is 3.27. The number of benzene rings is 1. The van der Waals surface area contributed by atoms with Crippen molar-refractivity contribution in [1.82, 2.24) is 10.3 Å². The van der Waals surface area contributed by atoms with E-state index in [2.05, 4.69) is 50.1 Å². The highest BCUT2D eigenvalue weighted by atomic mass is 16.5. The summed E-state index contributed by atoms with van der Waals surface area (Å²) >= 11 is 0. The summed E-state index contributed by atoms with van der Waals surface area (Å²) in [5.41, 5.74) is 4.67. The van der Waals surface area contributed by atoms with Crippen LogP contribution in [0.1, 0.15) is 36.2 Å². The number of aryl methyl sites for hydroxylation is 3. The van der Waals surface area contributed by atoms with E-state index in [0.717, 1.165) is 31.0 Å². The summed E-state index contributed by atoms with van der Waals surface area (Å²) in [6, 6.07) is 10.4. The zero-order valence-electron chi connectivity index (χ0n) is 13.4. The normalized spacial score (nSPS) is 10.7. The second-order valence-corrected chi connectivity index (χ2v) is 5.36. The molecule has 21 heavy (non-hydrogen) atoms. The average molecular weight is 284 g/mol.